The summed E-state index contributed by atoms with van der Waals surface area (Å²) in [7, 11) is -3.30. The Hall–Kier alpha value is -6.29. The molecule has 1 atom stereocenters. The maximum absolute atomic E-state index is 13.5. The van der Waals surface area contributed by atoms with Crippen molar-refractivity contribution >= 4 is 61.6 Å². The standard InChI is InChI=1S/C41H43N9O6S/c1-57(55,56)31-19-13-28(14-20-31)32-10-7-11-36-43-40(45-50(32)36)42-29-15-17-30(18-16-29)46-24-26-47(27-25-46)38(52)12-3-2-6-23-48-33-8-4-5-9-34(33)49(41(48)54)35-21-22-37(51)44-39(35)53/h4-5,7-11,13-20,35H,2-3,6,12,21-27H2,1H3,(H,42,45)(H,44,51,53). The first-order chi connectivity index (χ1) is 27.5. The highest BCUT2D eigenvalue weighted by Gasteiger charge is 2.31. The zero-order valence-electron chi connectivity index (χ0n) is 31.5. The Balaban J connectivity index is 0.807. The number of aromatic nitrogens is 5. The largest absolute Gasteiger partial charge is 0.368 e. The lowest BCUT2D eigenvalue weighted by Gasteiger charge is -2.36. The minimum absolute atomic E-state index is 0.134. The smallest absolute Gasteiger partial charge is 0.329 e. The Kier molecular flexibility index (Phi) is 10.4. The number of carbonyl (C=O) groups is 3. The van der Waals surface area contributed by atoms with Crippen molar-refractivity contribution in [1.82, 2.24) is 33.9 Å². The van der Waals surface area contributed by atoms with Crippen LogP contribution in [0.3, 0.4) is 0 Å². The van der Waals surface area contributed by atoms with Gasteiger partial charge in [-0.05, 0) is 79.9 Å². The predicted molar refractivity (Wildman–Crippen MR) is 216 cm³/mol. The van der Waals surface area contributed by atoms with Crippen LogP contribution in [0, 0.1) is 0 Å². The Bertz CT molecular complexity index is 2640. The topological polar surface area (TPSA) is 173 Å². The Morgan fingerprint density at radius 2 is 1.58 bits per heavy atom. The number of benzene rings is 3. The number of nitrogens with one attached hydrogen (secondary N) is 2. The molecule has 5 heterocycles. The van der Waals surface area contributed by atoms with E-state index in [1.54, 1.807) is 33.3 Å². The number of unbranched alkanes of at least 4 members (excludes halogenated alkanes) is 2. The number of nitrogens with zero attached hydrogens (tertiary/aromatic N) is 7. The SMILES string of the molecule is CS(=O)(=O)c1ccc(-c2cccc3nc(Nc4ccc(N5CCN(C(=O)CCCCCn6c(=O)n(C7CCC(=O)NC7=O)c7ccccc76)CC5)cc4)nn23)cc1. The van der Waals surface area contributed by atoms with Crippen LogP contribution in [0.2, 0.25) is 0 Å². The average molecular weight is 790 g/mol. The number of hydrogen-bond donors (Lipinski definition) is 2. The monoisotopic (exact) mass is 789 g/mol. The van der Waals surface area contributed by atoms with Gasteiger partial charge in [0.2, 0.25) is 23.7 Å². The lowest BCUT2D eigenvalue weighted by Crippen LogP contribution is -2.48. The number of piperidine rings is 1. The van der Waals surface area contributed by atoms with Crippen LogP contribution >= 0.6 is 0 Å². The summed E-state index contributed by atoms with van der Waals surface area (Å²) in [4.78, 5) is 60.0. The third kappa shape index (κ3) is 7.90. The van der Waals surface area contributed by atoms with Gasteiger partial charge in [-0.1, -0.05) is 36.8 Å². The van der Waals surface area contributed by atoms with Crippen LogP contribution in [0.25, 0.3) is 27.9 Å². The summed E-state index contributed by atoms with van der Waals surface area (Å²) < 4.78 is 28.7. The van der Waals surface area contributed by atoms with Crippen LogP contribution in [0.5, 0.6) is 0 Å². The lowest BCUT2D eigenvalue weighted by molar-refractivity contribution is -0.136. The van der Waals surface area contributed by atoms with Gasteiger partial charge in [0.15, 0.2) is 15.5 Å². The second-order valence-electron chi connectivity index (χ2n) is 14.5. The fourth-order valence-corrected chi connectivity index (χ4v) is 8.34. The molecule has 0 aliphatic carbocycles. The van der Waals surface area contributed by atoms with Gasteiger partial charge in [0.25, 0.3) is 0 Å². The molecule has 2 aliphatic heterocycles. The van der Waals surface area contributed by atoms with E-state index in [0.29, 0.717) is 56.0 Å². The Labute approximate surface area is 328 Å². The van der Waals surface area contributed by atoms with Gasteiger partial charge in [0.1, 0.15) is 6.04 Å². The summed E-state index contributed by atoms with van der Waals surface area (Å²) in [6, 6.07) is 27.1. The van der Waals surface area contributed by atoms with Gasteiger partial charge < -0.3 is 15.1 Å². The molecule has 15 nitrogen and oxygen atoms in total. The van der Waals surface area contributed by atoms with Crippen LogP contribution in [-0.4, -0.2) is 87.2 Å². The van der Waals surface area contributed by atoms with E-state index in [0.717, 1.165) is 54.1 Å². The number of piperazine rings is 1. The van der Waals surface area contributed by atoms with Gasteiger partial charge in [0, 0.05) is 68.8 Å². The number of amides is 3. The molecule has 2 aliphatic rings. The number of anilines is 3. The number of sulfone groups is 1. The molecule has 0 bridgehead atoms. The first-order valence-electron chi connectivity index (χ1n) is 19.1. The summed E-state index contributed by atoms with van der Waals surface area (Å²) in [5.41, 5.74) is 5.30. The van der Waals surface area contributed by atoms with E-state index in [-0.39, 0.29) is 28.8 Å². The predicted octanol–water partition coefficient (Wildman–Crippen LogP) is 4.55. The first-order valence-corrected chi connectivity index (χ1v) is 21.0. The van der Waals surface area contributed by atoms with Crippen LogP contribution in [0.15, 0.2) is 101 Å². The van der Waals surface area contributed by atoms with Gasteiger partial charge in [-0.2, -0.15) is 4.98 Å². The maximum Gasteiger partial charge on any atom is 0.329 e. The maximum atomic E-state index is 13.5. The van der Waals surface area contributed by atoms with E-state index >= 15 is 0 Å². The van der Waals surface area contributed by atoms with Gasteiger partial charge in [-0.15, -0.1) is 5.10 Å². The Morgan fingerprint density at radius 1 is 0.842 bits per heavy atom. The third-order valence-electron chi connectivity index (χ3n) is 10.7. The highest BCUT2D eigenvalue weighted by Crippen LogP contribution is 2.26. The van der Waals surface area contributed by atoms with E-state index < -0.39 is 21.8 Å². The molecular weight excluding hydrogens is 747 g/mol. The summed E-state index contributed by atoms with van der Waals surface area (Å²) in [5, 5.41) is 10.3. The van der Waals surface area contributed by atoms with Crippen molar-refractivity contribution in [2.45, 2.75) is 56.0 Å². The van der Waals surface area contributed by atoms with Crippen molar-refractivity contribution in [2.24, 2.45) is 0 Å². The quantitative estimate of drug-likeness (QED) is 0.132. The highest BCUT2D eigenvalue weighted by molar-refractivity contribution is 7.90. The number of para-hydroxylation sites is 2. The molecule has 3 amide bonds. The number of hydrogen-bond acceptors (Lipinski definition) is 10. The van der Waals surface area contributed by atoms with Crippen molar-refractivity contribution in [3.63, 3.8) is 0 Å². The zero-order valence-corrected chi connectivity index (χ0v) is 32.3. The minimum atomic E-state index is -3.30. The molecule has 2 saturated heterocycles. The van der Waals surface area contributed by atoms with Crippen molar-refractivity contribution in [3.05, 3.63) is 101 Å². The van der Waals surface area contributed by atoms with E-state index in [1.807, 2.05) is 71.6 Å². The number of rotatable bonds is 12. The molecule has 1 unspecified atom stereocenters. The van der Waals surface area contributed by atoms with E-state index in [4.69, 9.17) is 0 Å². The van der Waals surface area contributed by atoms with E-state index in [2.05, 4.69) is 25.6 Å². The van der Waals surface area contributed by atoms with Crippen molar-refractivity contribution in [1.29, 1.82) is 0 Å². The molecule has 3 aromatic heterocycles. The molecule has 8 rings (SSSR count). The number of imidazole rings is 1. The molecule has 0 saturated carbocycles. The first kappa shape index (κ1) is 37.6. The fourth-order valence-electron chi connectivity index (χ4n) is 7.71. The number of fused-ring (bicyclic) bond motifs is 2. The van der Waals surface area contributed by atoms with Gasteiger partial charge >= 0.3 is 5.69 Å². The van der Waals surface area contributed by atoms with Gasteiger partial charge in [-0.3, -0.25) is 28.8 Å². The number of aryl methyl sites for hydroxylation is 1. The lowest BCUT2D eigenvalue weighted by atomic mass is 10.1. The third-order valence-corrected chi connectivity index (χ3v) is 11.9. The number of imide groups is 1. The number of pyridine rings is 1. The number of carbonyl (C=O) groups excluding carboxylic acids is 3. The Morgan fingerprint density at radius 3 is 2.30 bits per heavy atom. The summed E-state index contributed by atoms with van der Waals surface area (Å²) in [6.07, 6.45) is 4.33. The van der Waals surface area contributed by atoms with Gasteiger partial charge in [-0.25, -0.2) is 17.7 Å². The molecule has 16 heteroatoms. The molecular formula is C41H43N9O6S. The highest BCUT2D eigenvalue weighted by atomic mass is 32.2. The summed E-state index contributed by atoms with van der Waals surface area (Å²) in [5.74, 6) is -0.202. The van der Waals surface area contributed by atoms with Crippen LogP contribution in [0.1, 0.15) is 44.6 Å². The molecule has 6 aromatic rings. The van der Waals surface area contributed by atoms with Crippen molar-refractivity contribution < 1.29 is 22.8 Å². The normalized spacial score (nSPS) is 16.3. The van der Waals surface area contributed by atoms with Crippen LogP contribution < -0.4 is 21.2 Å². The average Bonchev–Trinajstić information content (AvgIpc) is 3.75. The van der Waals surface area contributed by atoms with Gasteiger partial charge in [0.05, 0.1) is 21.6 Å². The molecule has 2 N–H and O–H groups in total. The second kappa shape index (κ2) is 15.7. The molecule has 0 radical (unpaired) electrons. The fraction of sp³-hybridized carbons (Fsp3) is 0.317. The molecule has 3 aromatic carbocycles. The summed E-state index contributed by atoms with van der Waals surface area (Å²) in [6.45, 7) is 3.20. The van der Waals surface area contributed by atoms with Crippen molar-refractivity contribution in [3.8, 4) is 11.3 Å². The van der Waals surface area contributed by atoms with Crippen LogP contribution in [-0.2, 0) is 30.8 Å². The zero-order chi connectivity index (χ0) is 39.7. The van der Waals surface area contributed by atoms with Crippen LogP contribution in [0.4, 0.5) is 17.3 Å². The van der Waals surface area contributed by atoms with E-state index in [1.165, 1.54) is 10.8 Å². The molecule has 57 heavy (non-hydrogen) atoms. The van der Waals surface area contributed by atoms with Crippen molar-refractivity contribution in [2.75, 3.05) is 42.7 Å². The molecule has 294 valence electrons. The second-order valence-corrected chi connectivity index (χ2v) is 16.5. The molecule has 2 fully saturated rings. The minimum Gasteiger partial charge on any atom is -0.368 e. The molecule has 0 spiro atoms. The summed E-state index contributed by atoms with van der Waals surface area (Å²) >= 11 is 0. The van der Waals surface area contributed by atoms with E-state index in [9.17, 15) is 27.6 Å².